The number of nitrogens with zero attached hydrogens (tertiary/aromatic N) is 1. The summed E-state index contributed by atoms with van der Waals surface area (Å²) in [4.78, 5) is 10.7. The van der Waals surface area contributed by atoms with E-state index in [0.717, 1.165) is 5.56 Å². The molecule has 0 bridgehead atoms. The summed E-state index contributed by atoms with van der Waals surface area (Å²) in [5.41, 5.74) is 1.73. The van der Waals surface area contributed by atoms with Gasteiger partial charge in [-0.3, -0.25) is 10.1 Å². The first-order chi connectivity index (χ1) is 6.95. The van der Waals surface area contributed by atoms with Gasteiger partial charge in [0.05, 0.1) is 4.92 Å². The van der Waals surface area contributed by atoms with Crippen molar-refractivity contribution in [1.29, 1.82) is 0 Å². The lowest BCUT2D eigenvalue weighted by atomic mass is 9.93. The van der Waals surface area contributed by atoms with Crippen LogP contribution in [0.3, 0.4) is 0 Å². The monoisotopic (exact) mass is 206 g/mol. The number of nitro benzene ring substituents is 1. The molecule has 0 heterocycles. The molecule has 1 radical (unpaired) electrons. The van der Waals surface area contributed by atoms with E-state index >= 15 is 0 Å². The van der Waals surface area contributed by atoms with Crippen LogP contribution in [-0.4, -0.2) is 4.92 Å². The van der Waals surface area contributed by atoms with E-state index in [1.165, 1.54) is 0 Å². The zero-order chi connectivity index (χ0) is 11.6. The Morgan fingerprint density at radius 3 is 2.20 bits per heavy atom. The molecule has 1 unspecified atom stereocenters. The van der Waals surface area contributed by atoms with Crippen molar-refractivity contribution in [3.05, 3.63) is 46.4 Å². The van der Waals surface area contributed by atoms with Crippen LogP contribution in [0.4, 0.5) is 5.69 Å². The molecule has 1 aromatic rings. The van der Waals surface area contributed by atoms with E-state index in [2.05, 4.69) is 6.92 Å². The van der Waals surface area contributed by atoms with Gasteiger partial charge in [0.25, 0.3) is 5.69 Å². The first kappa shape index (κ1) is 11.7. The normalized spacial score (nSPS) is 11.1. The van der Waals surface area contributed by atoms with Gasteiger partial charge in [0, 0.05) is 11.1 Å². The summed E-state index contributed by atoms with van der Waals surface area (Å²) >= 11 is 0. The summed E-state index contributed by atoms with van der Waals surface area (Å²) < 4.78 is 0. The molecule has 15 heavy (non-hydrogen) atoms. The fraction of sp³-hybridized carbons (Fsp3) is 0.417. The Kier molecular flexibility index (Phi) is 3.45. The molecule has 1 aromatic carbocycles. The highest BCUT2D eigenvalue weighted by atomic mass is 16.6. The average molecular weight is 206 g/mol. The van der Waals surface area contributed by atoms with Crippen molar-refractivity contribution >= 4 is 5.69 Å². The molecule has 1 atom stereocenters. The zero-order valence-corrected chi connectivity index (χ0v) is 9.36. The van der Waals surface area contributed by atoms with Crippen molar-refractivity contribution in [2.75, 3.05) is 0 Å². The second-order valence-corrected chi connectivity index (χ2v) is 4.10. The van der Waals surface area contributed by atoms with Gasteiger partial charge in [-0.1, -0.05) is 39.0 Å². The van der Waals surface area contributed by atoms with E-state index in [1.807, 2.05) is 32.9 Å². The van der Waals surface area contributed by atoms with Crippen molar-refractivity contribution < 1.29 is 4.92 Å². The molecule has 3 nitrogen and oxygen atoms in total. The van der Waals surface area contributed by atoms with E-state index in [-0.39, 0.29) is 22.4 Å². The van der Waals surface area contributed by atoms with Crippen LogP contribution in [0.1, 0.15) is 43.7 Å². The van der Waals surface area contributed by atoms with Crippen LogP contribution in [0, 0.1) is 17.0 Å². The van der Waals surface area contributed by atoms with Gasteiger partial charge in [-0.25, -0.2) is 0 Å². The Morgan fingerprint density at radius 2 is 1.80 bits per heavy atom. The van der Waals surface area contributed by atoms with Gasteiger partial charge in [-0.05, 0) is 18.8 Å². The quantitative estimate of drug-likeness (QED) is 0.559. The molecule has 0 fully saturated rings. The predicted octanol–water partition coefficient (Wildman–Crippen LogP) is 3.66. The Labute approximate surface area is 90.3 Å². The maximum absolute atomic E-state index is 11.0. The van der Waals surface area contributed by atoms with Gasteiger partial charge in [0.2, 0.25) is 0 Å². The Morgan fingerprint density at radius 1 is 1.27 bits per heavy atom. The highest BCUT2D eigenvalue weighted by Gasteiger charge is 2.22. The second-order valence-electron chi connectivity index (χ2n) is 4.10. The van der Waals surface area contributed by atoms with Crippen molar-refractivity contribution in [1.82, 2.24) is 0 Å². The molecule has 0 aliphatic rings. The Bertz CT molecular complexity index is 344. The summed E-state index contributed by atoms with van der Waals surface area (Å²) in [6.45, 7) is 9.63. The van der Waals surface area contributed by atoms with Gasteiger partial charge in [0.1, 0.15) is 0 Å². The largest absolute Gasteiger partial charge is 0.276 e. The number of hydrogen-bond donors (Lipinski definition) is 0. The van der Waals surface area contributed by atoms with E-state index in [0.29, 0.717) is 5.56 Å². The zero-order valence-electron chi connectivity index (χ0n) is 9.36. The lowest BCUT2D eigenvalue weighted by Gasteiger charge is -2.12. The minimum Gasteiger partial charge on any atom is -0.258 e. The minimum atomic E-state index is -0.299. The highest BCUT2D eigenvalue weighted by molar-refractivity contribution is 5.51. The predicted molar refractivity (Wildman–Crippen MR) is 61.0 cm³/mol. The molecule has 0 saturated carbocycles. The molecule has 0 saturated heterocycles. The van der Waals surface area contributed by atoms with Crippen LogP contribution >= 0.6 is 0 Å². The second kappa shape index (κ2) is 4.43. The van der Waals surface area contributed by atoms with Crippen LogP contribution in [-0.2, 0) is 0 Å². The first-order valence-electron chi connectivity index (χ1n) is 5.05. The molecule has 81 valence electrons. The molecule has 0 aromatic heterocycles. The fourth-order valence-electron chi connectivity index (χ4n) is 1.65. The molecule has 0 aliphatic heterocycles. The molecule has 1 rings (SSSR count). The lowest BCUT2D eigenvalue weighted by Crippen LogP contribution is -2.03. The van der Waals surface area contributed by atoms with E-state index in [9.17, 15) is 10.1 Å². The first-order valence-corrected chi connectivity index (χ1v) is 5.05. The number of nitro groups is 1. The Balaban J connectivity index is 3.42. The van der Waals surface area contributed by atoms with Crippen LogP contribution < -0.4 is 0 Å². The molecule has 0 amide bonds. The van der Waals surface area contributed by atoms with Crippen LogP contribution in [0.25, 0.3) is 0 Å². The van der Waals surface area contributed by atoms with Gasteiger partial charge < -0.3 is 0 Å². The number of rotatable bonds is 3. The van der Waals surface area contributed by atoms with Crippen LogP contribution in [0.2, 0.25) is 0 Å². The van der Waals surface area contributed by atoms with Crippen molar-refractivity contribution in [3.8, 4) is 0 Å². The summed E-state index contributed by atoms with van der Waals surface area (Å²) in [7, 11) is 0. The standard InChI is InChI=1S/C12H16NO2/c1-8(2)10-6-5-7-11(9(3)4)12(10)13(14)15/h5-9H,1H2,2-4H3. The fourth-order valence-corrected chi connectivity index (χ4v) is 1.65. The van der Waals surface area contributed by atoms with E-state index in [4.69, 9.17) is 0 Å². The number of para-hydroxylation sites is 1. The molecule has 0 N–H and O–H groups in total. The number of benzene rings is 1. The van der Waals surface area contributed by atoms with Gasteiger partial charge >= 0.3 is 0 Å². The number of hydrogen-bond acceptors (Lipinski definition) is 2. The summed E-state index contributed by atoms with van der Waals surface area (Å²) in [6, 6.07) is 5.45. The third-order valence-electron chi connectivity index (χ3n) is 2.43. The minimum absolute atomic E-state index is 0.0656. The van der Waals surface area contributed by atoms with Crippen molar-refractivity contribution in [2.45, 2.75) is 32.6 Å². The highest BCUT2D eigenvalue weighted by Crippen LogP contribution is 2.33. The maximum Gasteiger partial charge on any atom is 0.276 e. The maximum atomic E-state index is 11.0. The third kappa shape index (κ3) is 2.35. The molecular weight excluding hydrogens is 190 g/mol. The van der Waals surface area contributed by atoms with Crippen molar-refractivity contribution in [3.63, 3.8) is 0 Å². The van der Waals surface area contributed by atoms with E-state index < -0.39 is 0 Å². The Hall–Kier alpha value is -1.38. The van der Waals surface area contributed by atoms with Gasteiger partial charge in [0.15, 0.2) is 0 Å². The average Bonchev–Trinajstić information content (AvgIpc) is 2.16. The SMILES string of the molecule is [CH2]C(C)c1cccc(C(C)C)c1[N+](=O)[O-]. The molecule has 3 heteroatoms. The third-order valence-corrected chi connectivity index (χ3v) is 2.43. The smallest absolute Gasteiger partial charge is 0.258 e. The van der Waals surface area contributed by atoms with Gasteiger partial charge in [-0.2, -0.15) is 0 Å². The van der Waals surface area contributed by atoms with Crippen molar-refractivity contribution in [2.24, 2.45) is 0 Å². The van der Waals surface area contributed by atoms with Gasteiger partial charge in [-0.15, -0.1) is 0 Å². The summed E-state index contributed by atoms with van der Waals surface area (Å²) in [5, 5.41) is 11.0. The summed E-state index contributed by atoms with van der Waals surface area (Å²) in [5.74, 6) is 0.0909. The molecule has 0 aliphatic carbocycles. The topological polar surface area (TPSA) is 43.1 Å². The lowest BCUT2D eigenvalue weighted by molar-refractivity contribution is -0.386. The molecular formula is C12H16NO2. The van der Waals surface area contributed by atoms with Crippen LogP contribution in [0.15, 0.2) is 18.2 Å². The summed E-state index contributed by atoms with van der Waals surface area (Å²) in [6.07, 6.45) is 0. The van der Waals surface area contributed by atoms with Crippen LogP contribution in [0.5, 0.6) is 0 Å². The van der Waals surface area contributed by atoms with E-state index in [1.54, 1.807) is 6.07 Å². The molecule has 0 spiro atoms.